The number of halogens is 2. The molecular weight excluding hydrogens is 664 g/mol. The van der Waals surface area contributed by atoms with Gasteiger partial charge in [0.05, 0.1) is 14.2 Å². The number of carbonyl (C=O) groups is 2. The van der Waals surface area contributed by atoms with Gasteiger partial charge in [0.1, 0.15) is 11.3 Å². The van der Waals surface area contributed by atoms with Crippen molar-refractivity contribution in [3.63, 3.8) is 0 Å². The largest absolute Gasteiger partial charge is 0.466 e. The molecule has 10 heteroatoms. The summed E-state index contributed by atoms with van der Waals surface area (Å²) in [5, 5.41) is 5.38. The van der Waals surface area contributed by atoms with Gasteiger partial charge in [0.25, 0.3) is 11.4 Å². The number of nitrogens with zero attached hydrogens (tertiary/aromatic N) is 3. The summed E-state index contributed by atoms with van der Waals surface area (Å²) in [6.45, 7) is 0. The molecule has 2 atom stereocenters. The number of fused-ring (bicyclic) bond motifs is 1. The Morgan fingerprint density at radius 1 is 0.738 bits per heavy atom. The van der Waals surface area contributed by atoms with E-state index in [1.54, 1.807) is 9.71 Å². The number of methoxy groups -OCH3 is 2. The van der Waals surface area contributed by atoms with E-state index in [1.807, 2.05) is 109 Å². The Bertz CT molecular complexity index is 1730. The highest BCUT2D eigenvalue weighted by molar-refractivity contribution is 9.10. The minimum Gasteiger partial charge on any atom is -0.466 e. The zero-order valence-corrected chi connectivity index (χ0v) is 25.8. The van der Waals surface area contributed by atoms with Crippen molar-refractivity contribution >= 4 is 55.2 Å². The fourth-order valence-electron chi connectivity index (χ4n) is 5.80. The van der Waals surface area contributed by atoms with E-state index in [0.717, 1.165) is 20.2 Å². The van der Waals surface area contributed by atoms with E-state index < -0.39 is 23.1 Å². The van der Waals surface area contributed by atoms with E-state index in [1.165, 1.54) is 14.2 Å². The van der Waals surface area contributed by atoms with Crippen molar-refractivity contribution in [2.45, 2.75) is 11.2 Å². The molecule has 0 aliphatic carbocycles. The molecule has 0 spiro atoms. The number of hydrogen-bond acceptors (Lipinski definition) is 7. The molecule has 1 N–H and O–H groups in total. The van der Waals surface area contributed by atoms with Gasteiger partial charge in [0.2, 0.25) is 5.54 Å². The van der Waals surface area contributed by atoms with Crippen LogP contribution < -0.4 is 10.3 Å². The van der Waals surface area contributed by atoms with Crippen molar-refractivity contribution in [2.24, 2.45) is 5.11 Å². The first kappa shape index (κ1) is 27.9. The van der Waals surface area contributed by atoms with E-state index in [4.69, 9.17) is 14.6 Å². The van der Waals surface area contributed by atoms with Crippen LogP contribution in [0, 0.1) is 0 Å². The fourth-order valence-corrected chi connectivity index (χ4v) is 6.33. The van der Waals surface area contributed by atoms with Gasteiger partial charge < -0.3 is 9.47 Å². The number of esters is 2. The molecule has 2 aliphatic heterocycles. The molecule has 0 radical (unpaired) electrons. The van der Waals surface area contributed by atoms with Gasteiger partial charge in [0.15, 0.2) is 0 Å². The summed E-state index contributed by atoms with van der Waals surface area (Å²) in [4.78, 5) is 31.3. The number of carbonyl (C=O) groups excluding carboxylic acids is 2. The molecule has 0 fully saturated rings. The molecule has 0 unspecified atom stereocenters. The molecule has 0 bridgehead atoms. The second-order valence-electron chi connectivity index (χ2n) is 9.67. The molecule has 6 rings (SSSR count). The summed E-state index contributed by atoms with van der Waals surface area (Å²) in [7, 11) is 2.59. The molecule has 0 saturated heterocycles. The van der Waals surface area contributed by atoms with Gasteiger partial charge in [-0.15, -0.1) is 5.43 Å². The summed E-state index contributed by atoms with van der Waals surface area (Å²) >= 11 is 7.03. The Morgan fingerprint density at radius 3 is 1.81 bits per heavy atom. The maximum absolute atomic E-state index is 14.0. The zero-order chi connectivity index (χ0) is 29.5. The average molecular weight is 689 g/mol. The number of benzene rings is 4. The average Bonchev–Trinajstić information content (AvgIpc) is 3.51. The Morgan fingerprint density at radius 2 is 1.26 bits per heavy atom. The van der Waals surface area contributed by atoms with Crippen molar-refractivity contribution in [3.05, 3.63) is 141 Å². The van der Waals surface area contributed by atoms with E-state index in [9.17, 15) is 9.59 Å². The molecule has 42 heavy (non-hydrogen) atoms. The molecule has 8 nitrogen and oxygen atoms in total. The molecule has 4 aromatic rings. The zero-order valence-electron chi connectivity index (χ0n) is 22.6. The summed E-state index contributed by atoms with van der Waals surface area (Å²) in [5.41, 5.74) is 3.53. The highest BCUT2D eigenvalue weighted by atomic mass is 79.9. The standard InChI is InChI=1S/C32H25Br2N4O4/c1-41-29(39)27-28(30(40)42-2)37(25-17-13-23(33)14-18-25)32(22-11-7-4-8-12-22)31(27,21-9-5-3-6-10-21)35-38(36-32)26-19-15-24(34)16-20-26/h3-20H,1-2H3,(H,35,36)/q+1/t31-,32+/m0/s1. The predicted octanol–water partition coefficient (Wildman–Crippen LogP) is 6.69. The van der Waals surface area contributed by atoms with Crippen molar-refractivity contribution in [2.75, 3.05) is 19.1 Å². The second-order valence-corrected chi connectivity index (χ2v) is 11.5. The van der Waals surface area contributed by atoms with Gasteiger partial charge in [-0.05, 0) is 42.0 Å². The third-order valence-corrected chi connectivity index (χ3v) is 8.56. The van der Waals surface area contributed by atoms with Crippen LogP contribution in [0.25, 0.3) is 0 Å². The quantitative estimate of drug-likeness (QED) is 0.180. The van der Waals surface area contributed by atoms with Crippen LogP contribution in [0.1, 0.15) is 11.1 Å². The van der Waals surface area contributed by atoms with Crippen LogP contribution in [-0.2, 0) is 30.3 Å². The molecule has 2 heterocycles. The van der Waals surface area contributed by atoms with Crippen molar-refractivity contribution < 1.29 is 23.9 Å². The van der Waals surface area contributed by atoms with Crippen LogP contribution in [0.3, 0.4) is 0 Å². The summed E-state index contributed by atoms with van der Waals surface area (Å²) < 4.78 is 12.5. The molecular formula is C32H25Br2N4O4+. The number of ether oxygens (including phenoxy) is 2. The molecule has 4 aromatic carbocycles. The first-order chi connectivity index (χ1) is 20.4. The van der Waals surface area contributed by atoms with Gasteiger partial charge in [0, 0.05) is 42.2 Å². The van der Waals surface area contributed by atoms with Crippen LogP contribution in [0.15, 0.2) is 135 Å². The Balaban J connectivity index is 1.82. The minimum absolute atomic E-state index is 0.0195. The predicted molar refractivity (Wildman–Crippen MR) is 164 cm³/mol. The lowest BCUT2D eigenvalue weighted by molar-refractivity contribution is -0.567. The number of hydrazine groups is 1. The summed E-state index contributed by atoms with van der Waals surface area (Å²) in [5.74, 6) is -1.40. The number of azo groups is 1. The van der Waals surface area contributed by atoms with Crippen LogP contribution in [0.2, 0.25) is 0 Å². The first-order valence-electron chi connectivity index (χ1n) is 13.0. The monoisotopic (exact) mass is 687 g/mol. The third-order valence-electron chi connectivity index (χ3n) is 7.51. The summed E-state index contributed by atoms with van der Waals surface area (Å²) in [6.07, 6.45) is 0. The van der Waals surface area contributed by atoms with Crippen molar-refractivity contribution in [3.8, 4) is 0 Å². The Labute approximate surface area is 259 Å². The lowest BCUT2D eigenvalue weighted by Gasteiger charge is -2.40. The highest BCUT2D eigenvalue weighted by Gasteiger charge is 2.77. The van der Waals surface area contributed by atoms with Gasteiger partial charge in [-0.1, -0.05) is 92.5 Å². The van der Waals surface area contributed by atoms with E-state index in [-0.39, 0.29) is 11.3 Å². The smallest absolute Gasteiger partial charge is 0.355 e. The van der Waals surface area contributed by atoms with Crippen LogP contribution in [0.4, 0.5) is 11.4 Å². The molecule has 0 amide bonds. The van der Waals surface area contributed by atoms with Crippen LogP contribution >= 0.6 is 31.9 Å². The SMILES string of the molecule is COC(=O)C1=C(C(=O)OC)[C@]2(c3ccccc3)N[N+](c3ccc(Br)cc3)=N[C@]2(c2ccccc2)N1c1ccc(Br)cc1. The third kappa shape index (κ3) is 4.08. The normalized spacial score (nSPS) is 21.0. The Hall–Kier alpha value is -4.28. The molecule has 0 aromatic heterocycles. The van der Waals surface area contributed by atoms with Crippen molar-refractivity contribution in [1.29, 1.82) is 0 Å². The molecule has 210 valence electrons. The number of rotatable bonds is 6. The topological polar surface area (TPSA) is 83.2 Å². The van der Waals surface area contributed by atoms with Gasteiger partial charge >= 0.3 is 11.9 Å². The second kappa shape index (κ2) is 10.8. The van der Waals surface area contributed by atoms with E-state index in [2.05, 4.69) is 37.3 Å². The lowest BCUT2D eigenvalue weighted by Crippen LogP contribution is -2.58. The first-order valence-corrected chi connectivity index (χ1v) is 14.6. The van der Waals surface area contributed by atoms with E-state index in [0.29, 0.717) is 11.3 Å². The van der Waals surface area contributed by atoms with Crippen LogP contribution in [-0.4, -0.2) is 31.0 Å². The fraction of sp³-hybridized carbons (Fsp3) is 0.125. The van der Waals surface area contributed by atoms with Crippen molar-refractivity contribution in [1.82, 2.24) is 5.43 Å². The highest BCUT2D eigenvalue weighted by Crippen LogP contribution is 2.62. The summed E-state index contributed by atoms with van der Waals surface area (Å²) in [6, 6.07) is 34.2. The molecule has 2 aliphatic rings. The number of anilines is 1. The maximum Gasteiger partial charge on any atom is 0.355 e. The maximum atomic E-state index is 14.0. The van der Waals surface area contributed by atoms with Gasteiger partial charge in [-0.25, -0.2) is 9.59 Å². The lowest BCUT2D eigenvalue weighted by atomic mass is 9.72. The van der Waals surface area contributed by atoms with E-state index >= 15 is 0 Å². The number of nitrogens with one attached hydrogen (secondary N) is 1. The van der Waals surface area contributed by atoms with Crippen LogP contribution in [0.5, 0.6) is 0 Å². The van der Waals surface area contributed by atoms with Gasteiger partial charge in [-0.3, -0.25) is 4.90 Å². The minimum atomic E-state index is -1.45. The molecule has 0 saturated carbocycles. The number of hydrogen-bond donors (Lipinski definition) is 1. The Kier molecular flexibility index (Phi) is 7.20. The van der Waals surface area contributed by atoms with Gasteiger partial charge in [-0.2, -0.15) is 0 Å².